The van der Waals surface area contributed by atoms with Crippen LogP contribution in [-0.2, 0) is 18.0 Å². The predicted octanol–water partition coefficient (Wildman–Crippen LogP) is 6.21. The fourth-order valence-electron chi connectivity index (χ4n) is 4.00. The van der Waals surface area contributed by atoms with Gasteiger partial charge in [0.2, 0.25) is 0 Å². The van der Waals surface area contributed by atoms with Gasteiger partial charge in [-0.1, -0.05) is 63.2 Å². The SMILES string of the molecule is COc1c(C(O)CC(C)(C)C)ccc2c1C(=O)OCc1cccc(OCc3ccccc3)c1O2. The summed E-state index contributed by atoms with van der Waals surface area (Å²) < 4.78 is 23.5. The molecule has 1 atom stereocenters. The van der Waals surface area contributed by atoms with Crippen molar-refractivity contribution in [2.24, 2.45) is 5.41 Å². The Bertz CT molecular complexity index is 1160. The zero-order valence-electron chi connectivity index (χ0n) is 20.0. The number of methoxy groups -OCH3 is 1. The monoisotopic (exact) mass is 462 g/mol. The van der Waals surface area contributed by atoms with Crippen LogP contribution in [0.4, 0.5) is 0 Å². The van der Waals surface area contributed by atoms with Gasteiger partial charge in [-0.15, -0.1) is 0 Å². The van der Waals surface area contributed by atoms with Gasteiger partial charge in [-0.2, -0.15) is 0 Å². The molecule has 1 aliphatic rings. The van der Waals surface area contributed by atoms with Crippen molar-refractivity contribution < 1.29 is 28.8 Å². The number of benzene rings is 3. The van der Waals surface area contributed by atoms with Crippen LogP contribution < -0.4 is 14.2 Å². The van der Waals surface area contributed by atoms with E-state index < -0.39 is 12.1 Å². The van der Waals surface area contributed by atoms with E-state index in [0.717, 1.165) is 5.56 Å². The molecule has 0 amide bonds. The van der Waals surface area contributed by atoms with Gasteiger partial charge >= 0.3 is 5.97 Å². The summed E-state index contributed by atoms with van der Waals surface area (Å²) >= 11 is 0. The van der Waals surface area contributed by atoms with Crippen LogP contribution in [0.25, 0.3) is 0 Å². The molecule has 4 rings (SSSR count). The highest BCUT2D eigenvalue weighted by molar-refractivity contribution is 5.96. The van der Waals surface area contributed by atoms with Crippen molar-refractivity contribution in [1.29, 1.82) is 0 Å². The third-order valence-corrected chi connectivity index (χ3v) is 5.59. The second kappa shape index (κ2) is 9.77. The Labute approximate surface area is 200 Å². The van der Waals surface area contributed by atoms with E-state index in [1.54, 1.807) is 12.1 Å². The van der Waals surface area contributed by atoms with Crippen LogP contribution in [0.3, 0.4) is 0 Å². The van der Waals surface area contributed by atoms with E-state index >= 15 is 0 Å². The first-order valence-electron chi connectivity index (χ1n) is 11.3. The van der Waals surface area contributed by atoms with Crippen LogP contribution in [0, 0.1) is 5.41 Å². The Kier molecular flexibility index (Phi) is 6.80. The summed E-state index contributed by atoms with van der Waals surface area (Å²) in [5.41, 5.74) is 2.27. The fourth-order valence-corrected chi connectivity index (χ4v) is 4.00. The second-order valence-corrected chi connectivity index (χ2v) is 9.54. The van der Waals surface area contributed by atoms with Crippen molar-refractivity contribution >= 4 is 5.97 Å². The molecule has 34 heavy (non-hydrogen) atoms. The minimum absolute atomic E-state index is 0.0219. The largest absolute Gasteiger partial charge is 0.495 e. The summed E-state index contributed by atoms with van der Waals surface area (Å²) in [4.78, 5) is 13.0. The lowest BCUT2D eigenvalue weighted by Gasteiger charge is -2.26. The van der Waals surface area contributed by atoms with E-state index in [1.165, 1.54) is 7.11 Å². The number of hydrogen-bond donors (Lipinski definition) is 1. The van der Waals surface area contributed by atoms with E-state index in [4.69, 9.17) is 18.9 Å². The fraction of sp³-hybridized carbons (Fsp3) is 0.321. The molecule has 1 heterocycles. The molecular weight excluding hydrogens is 432 g/mol. The molecule has 3 aromatic rings. The molecule has 0 saturated carbocycles. The third kappa shape index (κ3) is 5.18. The Morgan fingerprint density at radius 3 is 2.50 bits per heavy atom. The third-order valence-electron chi connectivity index (χ3n) is 5.59. The normalized spacial score (nSPS) is 14.0. The van der Waals surface area contributed by atoms with Crippen LogP contribution in [0.5, 0.6) is 23.0 Å². The van der Waals surface area contributed by atoms with Gasteiger partial charge in [-0.25, -0.2) is 4.79 Å². The highest BCUT2D eigenvalue weighted by Gasteiger charge is 2.31. The molecule has 0 bridgehead atoms. The van der Waals surface area contributed by atoms with Gasteiger partial charge in [0.25, 0.3) is 0 Å². The quantitative estimate of drug-likeness (QED) is 0.439. The number of cyclic esters (lactones) is 1. The number of aliphatic hydroxyl groups is 1. The van der Waals surface area contributed by atoms with Crippen molar-refractivity contribution in [2.45, 2.75) is 46.5 Å². The Hall–Kier alpha value is -3.51. The Morgan fingerprint density at radius 1 is 1.03 bits per heavy atom. The first kappa shape index (κ1) is 23.6. The van der Waals surface area contributed by atoms with Crippen LogP contribution in [0.15, 0.2) is 60.7 Å². The summed E-state index contributed by atoms with van der Waals surface area (Å²) in [5.74, 6) is 0.992. The van der Waals surface area contributed by atoms with Crippen LogP contribution >= 0.6 is 0 Å². The number of para-hydroxylation sites is 1. The number of esters is 1. The smallest absolute Gasteiger partial charge is 0.346 e. The summed E-state index contributed by atoms with van der Waals surface area (Å²) in [5, 5.41) is 10.9. The predicted molar refractivity (Wildman–Crippen MR) is 128 cm³/mol. The van der Waals surface area contributed by atoms with Gasteiger partial charge < -0.3 is 24.1 Å². The zero-order chi connectivity index (χ0) is 24.3. The first-order chi connectivity index (χ1) is 16.3. The molecule has 0 saturated heterocycles. The van der Waals surface area contributed by atoms with Gasteiger partial charge in [-0.05, 0) is 35.6 Å². The van der Waals surface area contributed by atoms with E-state index in [1.807, 2.05) is 69.3 Å². The average Bonchev–Trinajstić information content (AvgIpc) is 2.80. The second-order valence-electron chi connectivity index (χ2n) is 9.54. The summed E-state index contributed by atoms with van der Waals surface area (Å²) in [7, 11) is 1.47. The van der Waals surface area contributed by atoms with Crippen LogP contribution in [0.2, 0.25) is 0 Å². The van der Waals surface area contributed by atoms with Crippen LogP contribution in [0.1, 0.15) is 60.3 Å². The number of carbonyl (C=O) groups is 1. The van der Waals surface area contributed by atoms with Gasteiger partial charge in [-0.3, -0.25) is 0 Å². The maximum Gasteiger partial charge on any atom is 0.346 e. The van der Waals surface area contributed by atoms with Gasteiger partial charge in [0, 0.05) is 11.1 Å². The number of carbonyl (C=O) groups excluding carboxylic acids is 1. The van der Waals surface area contributed by atoms with Gasteiger partial charge in [0.05, 0.1) is 13.2 Å². The standard InChI is InChI=1S/C28H30O6/c1-28(2,3)15-21(29)20-13-14-22-24(26(20)31-4)27(30)33-17-19-11-8-12-23(25(19)34-22)32-16-18-9-6-5-7-10-18/h5-14,21,29H,15-17H2,1-4H3. The molecule has 0 radical (unpaired) electrons. The molecule has 0 aromatic heterocycles. The Balaban J connectivity index is 1.71. The molecule has 0 aliphatic carbocycles. The maximum atomic E-state index is 13.0. The van der Waals surface area contributed by atoms with E-state index in [9.17, 15) is 9.90 Å². The minimum atomic E-state index is -0.810. The molecule has 1 unspecified atom stereocenters. The summed E-state index contributed by atoms with van der Waals surface area (Å²) in [6.07, 6.45) is -0.311. The lowest BCUT2D eigenvalue weighted by molar-refractivity contribution is 0.0453. The lowest BCUT2D eigenvalue weighted by atomic mass is 9.86. The minimum Gasteiger partial charge on any atom is -0.495 e. The number of ether oxygens (including phenoxy) is 4. The average molecular weight is 463 g/mol. The first-order valence-corrected chi connectivity index (χ1v) is 11.3. The van der Waals surface area contributed by atoms with E-state index in [-0.39, 0.29) is 29.1 Å². The van der Waals surface area contributed by atoms with Crippen LogP contribution in [-0.4, -0.2) is 18.2 Å². The lowest BCUT2D eigenvalue weighted by Crippen LogP contribution is -2.16. The molecular formula is C28H30O6. The summed E-state index contributed by atoms with van der Waals surface area (Å²) in [6.45, 7) is 6.52. The topological polar surface area (TPSA) is 74.2 Å². The Morgan fingerprint density at radius 2 is 1.79 bits per heavy atom. The molecule has 1 aliphatic heterocycles. The zero-order valence-corrected chi connectivity index (χ0v) is 20.0. The number of rotatable bonds is 6. The molecule has 6 heteroatoms. The maximum absolute atomic E-state index is 13.0. The molecule has 0 fully saturated rings. The molecule has 0 spiro atoms. The molecule has 6 nitrogen and oxygen atoms in total. The van der Waals surface area contributed by atoms with Crippen molar-refractivity contribution in [3.63, 3.8) is 0 Å². The van der Waals surface area contributed by atoms with Crippen molar-refractivity contribution in [2.75, 3.05) is 7.11 Å². The summed E-state index contributed by atoms with van der Waals surface area (Å²) in [6, 6.07) is 18.7. The van der Waals surface area contributed by atoms with Gasteiger partial charge in [0.15, 0.2) is 11.5 Å². The molecule has 1 N–H and O–H groups in total. The van der Waals surface area contributed by atoms with Crippen molar-refractivity contribution in [3.05, 3.63) is 82.9 Å². The highest BCUT2D eigenvalue weighted by Crippen LogP contribution is 2.44. The molecule has 178 valence electrons. The van der Waals surface area contributed by atoms with Gasteiger partial charge in [0.1, 0.15) is 30.3 Å². The highest BCUT2D eigenvalue weighted by atomic mass is 16.6. The number of fused-ring (bicyclic) bond motifs is 2. The number of hydrogen-bond acceptors (Lipinski definition) is 6. The molecule has 3 aromatic carbocycles. The van der Waals surface area contributed by atoms with E-state index in [2.05, 4.69) is 0 Å². The van der Waals surface area contributed by atoms with Crippen molar-refractivity contribution in [1.82, 2.24) is 0 Å². The van der Waals surface area contributed by atoms with E-state index in [0.29, 0.717) is 35.7 Å². The van der Waals surface area contributed by atoms with Crippen molar-refractivity contribution in [3.8, 4) is 23.0 Å². The number of aliphatic hydroxyl groups excluding tert-OH is 1.